The smallest absolute Gasteiger partial charge is 0.258 e. The Morgan fingerprint density at radius 2 is 1.92 bits per heavy atom. The summed E-state index contributed by atoms with van der Waals surface area (Å²) >= 11 is 5.11. The highest BCUT2D eigenvalue weighted by molar-refractivity contribution is 7.71. The predicted octanol–water partition coefficient (Wildman–Crippen LogP) is 3.39. The molecule has 3 aromatic rings. The SMILES string of the molecule is CC(C(=O)Nc1cccc(NC(=O)c2ccc[nH]c2=S)c1)n1cccn1. The number of aromatic nitrogens is 3. The molecule has 2 aromatic heterocycles. The average molecular weight is 367 g/mol. The van der Waals surface area contributed by atoms with Crippen LogP contribution in [0.25, 0.3) is 0 Å². The Morgan fingerprint density at radius 1 is 1.15 bits per heavy atom. The van der Waals surface area contributed by atoms with Crippen molar-refractivity contribution < 1.29 is 9.59 Å². The van der Waals surface area contributed by atoms with Gasteiger partial charge in [0.15, 0.2) is 0 Å². The Labute approximate surface area is 155 Å². The van der Waals surface area contributed by atoms with Gasteiger partial charge < -0.3 is 15.6 Å². The first-order valence-corrected chi connectivity index (χ1v) is 8.34. The van der Waals surface area contributed by atoms with E-state index in [-0.39, 0.29) is 11.8 Å². The molecule has 7 nitrogen and oxygen atoms in total. The van der Waals surface area contributed by atoms with Gasteiger partial charge in [-0.1, -0.05) is 18.3 Å². The third kappa shape index (κ3) is 4.04. The second-order valence-corrected chi connectivity index (χ2v) is 6.01. The summed E-state index contributed by atoms with van der Waals surface area (Å²) in [6.45, 7) is 1.75. The summed E-state index contributed by atoms with van der Waals surface area (Å²) in [6, 6.07) is 11.6. The molecule has 0 fully saturated rings. The highest BCUT2D eigenvalue weighted by Gasteiger charge is 2.15. The number of benzene rings is 1. The topological polar surface area (TPSA) is 91.8 Å². The fourth-order valence-corrected chi connectivity index (χ4v) is 2.58. The number of carbonyl (C=O) groups is 2. The van der Waals surface area contributed by atoms with Crippen LogP contribution in [0.3, 0.4) is 0 Å². The second kappa shape index (κ2) is 7.75. The normalized spacial score (nSPS) is 11.6. The number of carbonyl (C=O) groups excluding carboxylic acids is 2. The number of H-pyrrole nitrogens is 1. The minimum absolute atomic E-state index is 0.206. The maximum absolute atomic E-state index is 12.3. The van der Waals surface area contributed by atoms with Gasteiger partial charge in [-0.3, -0.25) is 14.3 Å². The van der Waals surface area contributed by atoms with E-state index in [0.29, 0.717) is 21.6 Å². The molecule has 3 rings (SSSR count). The molecule has 26 heavy (non-hydrogen) atoms. The Kier molecular flexibility index (Phi) is 5.23. The molecule has 0 saturated carbocycles. The molecular formula is C18H17N5O2S. The number of hydrogen-bond acceptors (Lipinski definition) is 4. The maximum atomic E-state index is 12.3. The third-order valence-corrected chi connectivity index (χ3v) is 4.09. The minimum atomic E-state index is -0.453. The van der Waals surface area contributed by atoms with Gasteiger partial charge in [-0.25, -0.2) is 0 Å². The quantitative estimate of drug-likeness (QED) is 0.603. The zero-order chi connectivity index (χ0) is 18.5. The Hall–Kier alpha value is -3.26. The van der Waals surface area contributed by atoms with Crippen LogP contribution in [0.2, 0.25) is 0 Å². The monoisotopic (exact) mass is 367 g/mol. The molecule has 132 valence electrons. The lowest BCUT2D eigenvalue weighted by molar-refractivity contribution is -0.119. The molecule has 0 saturated heterocycles. The fourth-order valence-electron chi connectivity index (χ4n) is 2.35. The molecule has 0 aliphatic carbocycles. The summed E-state index contributed by atoms with van der Waals surface area (Å²) in [5.41, 5.74) is 1.51. The van der Waals surface area contributed by atoms with E-state index in [1.165, 1.54) is 0 Å². The predicted molar refractivity (Wildman–Crippen MR) is 102 cm³/mol. The number of nitrogens with zero attached hydrogens (tertiary/aromatic N) is 2. The van der Waals surface area contributed by atoms with Gasteiger partial charge in [0.05, 0.1) is 5.56 Å². The largest absolute Gasteiger partial charge is 0.352 e. The summed E-state index contributed by atoms with van der Waals surface area (Å²) in [6.07, 6.45) is 5.01. The van der Waals surface area contributed by atoms with E-state index in [4.69, 9.17) is 12.2 Å². The number of rotatable bonds is 5. The second-order valence-electron chi connectivity index (χ2n) is 5.60. The van der Waals surface area contributed by atoms with Crippen molar-refractivity contribution in [2.24, 2.45) is 0 Å². The van der Waals surface area contributed by atoms with E-state index < -0.39 is 6.04 Å². The summed E-state index contributed by atoms with van der Waals surface area (Å²) in [5.74, 6) is -0.525. The highest BCUT2D eigenvalue weighted by Crippen LogP contribution is 2.18. The first-order valence-electron chi connectivity index (χ1n) is 7.94. The molecule has 2 amide bonds. The molecule has 0 radical (unpaired) electrons. The molecule has 0 aliphatic heterocycles. The van der Waals surface area contributed by atoms with Crippen LogP contribution < -0.4 is 10.6 Å². The van der Waals surface area contributed by atoms with Crippen molar-refractivity contribution in [3.05, 3.63) is 71.3 Å². The van der Waals surface area contributed by atoms with Crippen LogP contribution in [0, 0.1) is 4.64 Å². The number of pyridine rings is 1. The maximum Gasteiger partial charge on any atom is 0.258 e. The molecule has 3 N–H and O–H groups in total. The van der Waals surface area contributed by atoms with Crippen molar-refractivity contribution >= 4 is 35.4 Å². The van der Waals surface area contributed by atoms with Crippen molar-refractivity contribution in [2.45, 2.75) is 13.0 Å². The molecule has 2 heterocycles. The highest BCUT2D eigenvalue weighted by atomic mass is 32.1. The van der Waals surface area contributed by atoms with Gasteiger partial charge in [-0.2, -0.15) is 5.10 Å². The molecule has 0 spiro atoms. The van der Waals surface area contributed by atoms with Gasteiger partial charge in [-0.05, 0) is 43.3 Å². The van der Waals surface area contributed by atoms with Gasteiger partial charge in [0.2, 0.25) is 5.91 Å². The molecule has 1 atom stereocenters. The van der Waals surface area contributed by atoms with Gasteiger partial charge >= 0.3 is 0 Å². The lowest BCUT2D eigenvalue weighted by Crippen LogP contribution is -2.24. The van der Waals surface area contributed by atoms with Crippen molar-refractivity contribution in [1.82, 2.24) is 14.8 Å². The van der Waals surface area contributed by atoms with E-state index in [1.54, 1.807) is 72.7 Å². The molecular weight excluding hydrogens is 350 g/mol. The fraction of sp³-hybridized carbons (Fsp3) is 0.111. The van der Waals surface area contributed by atoms with Gasteiger partial charge in [0, 0.05) is 30.0 Å². The van der Waals surface area contributed by atoms with Crippen molar-refractivity contribution in [1.29, 1.82) is 0 Å². The Morgan fingerprint density at radius 3 is 2.62 bits per heavy atom. The summed E-state index contributed by atoms with van der Waals surface area (Å²) in [4.78, 5) is 27.5. The van der Waals surface area contributed by atoms with Crippen LogP contribution in [0.1, 0.15) is 23.3 Å². The van der Waals surface area contributed by atoms with E-state index in [2.05, 4.69) is 20.7 Å². The lowest BCUT2D eigenvalue weighted by atomic mass is 10.2. The summed E-state index contributed by atoms with van der Waals surface area (Å²) < 4.78 is 1.93. The Bertz CT molecular complexity index is 981. The average Bonchev–Trinajstić information content (AvgIpc) is 3.16. The first-order chi connectivity index (χ1) is 12.5. The molecule has 8 heteroatoms. The van der Waals surface area contributed by atoms with Crippen molar-refractivity contribution in [3.63, 3.8) is 0 Å². The van der Waals surface area contributed by atoms with Crippen LogP contribution in [0.4, 0.5) is 11.4 Å². The molecule has 0 aliphatic rings. The van der Waals surface area contributed by atoms with Gasteiger partial charge in [0.25, 0.3) is 5.91 Å². The van der Waals surface area contributed by atoms with E-state index >= 15 is 0 Å². The van der Waals surface area contributed by atoms with Crippen molar-refractivity contribution in [3.8, 4) is 0 Å². The molecule has 1 unspecified atom stereocenters. The van der Waals surface area contributed by atoms with Crippen LogP contribution in [0.15, 0.2) is 61.1 Å². The van der Waals surface area contributed by atoms with Gasteiger partial charge in [0.1, 0.15) is 10.7 Å². The van der Waals surface area contributed by atoms with E-state index in [9.17, 15) is 9.59 Å². The first kappa shape index (κ1) is 17.6. The molecule has 1 aromatic carbocycles. The standard InChI is InChI=1S/C18H17N5O2S/c1-12(23-10-4-9-20-23)16(24)21-13-5-2-6-14(11-13)22-17(25)15-7-3-8-19-18(15)26/h2-12H,1H3,(H,19,26)(H,21,24)(H,22,25). The lowest BCUT2D eigenvalue weighted by Gasteiger charge is -2.13. The number of amides is 2. The molecule has 0 bridgehead atoms. The number of anilines is 2. The van der Waals surface area contributed by atoms with E-state index in [0.717, 1.165) is 0 Å². The van der Waals surface area contributed by atoms with Crippen LogP contribution in [-0.4, -0.2) is 26.6 Å². The van der Waals surface area contributed by atoms with Crippen LogP contribution in [-0.2, 0) is 4.79 Å². The number of aromatic amines is 1. The van der Waals surface area contributed by atoms with Crippen molar-refractivity contribution in [2.75, 3.05) is 10.6 Å². The van der Waals surface area contributed by atoms with E-state index in [1.807, 2.05) is 0 Å². The zero-order valence-electron chi connectivity index (χ0n) is 14.0. The van der Waals surface area contributed by atoms with Gasteiger partial charge in [-0.15, -0.1) is 0 Å². The summed E-state index contributed by atoms with van der Waals surface area (Å²) in [5, 5.41) is 9.66. The zero-order valence-corrected chi connectivity index (χ0v) is 14.8. The Balaban J connectivity index is 1.70. The van der Waals surface area contributed by atoms with Crippen LogP contribution in [0.5, 0.6) is 0 Å². The third-order valence-electron chi connectivity index (χ3n) is 3.75. The number of hydrogen-bond donors (Lipinski definition) is 3. The number of nitrogens with one attached hydrogen (secondary N) is 3. The van der Waals surface area contributed by atoms with Crippen LogP contribution >= 0.6 is 12.2 Å². The summed E-state index contributed by atoms with van der Waals surface area (Å²) in [7, 11) is 0. The minimum Gasteiger partial charge on any atom is -0.352 e.